The number of methoxy groups -OCH3 is 1. The third-order valence-electron chi connectivity index (χ3n) is 3.29. The van der Waals surface area contributed by atoms with Crippen LogP contribution in [0, 0.1) is 0 Å². The molecule has 0 aliphatic rings. The third-order valence-corrected chi connectivity index (χ3v) is 3.84. The zero-order valence-corrected chi connectivity index (χ0v) is 14.7. The molecule has 0 aliphatic carbocycles. The molecular weight excluding hydrogens is 353 g/mol. The molecule has 2 rings (SSSR count). The second-order valence-corrected chi connectivity index (χ2v) is 5.73. The minimum absolute atomic E-state index is 0.149. The van der Waals surface area contributed by atoms with Crippen molar-refractivity contribution < 1.29 is 19.4 Å². The molecule has 0 unspecified atom stereocenters. The summed E-state index contributed by atoms with van der Waals surface area (Å²) in [5, 5.41) is 13.1. The largest absolute Gasteiger partial charge is 0.493 e. The van der Waals surface area contributed by atoms with E-state index in [2.05, 4.69) is 5.32 Å². The molecule has 2 aromatic rings. The van der Waals surface area contributed by atoms with E-state index in [9.17, 15) is 4.79 Å². The van der Waals surface area contributed by atoms with Crippen molar-refractivity contribution in [3.8, 4) is 11.5 Å². The zero-order valence-electron chi connectivity index (χ0n) is 13.2. The van der Waals surface area contributed by atoms with Crippen LogP contribution >= 0.6 is 23.2 Å². The number of aromatic carboxylic acids is 1. The highest BCUT2D eigenvalue weighted by atomic mass is 35.5. The molecular formula is C17H17Cl2NO4. The van der Waals surface area contributed by atoms with Gasteiger partial charge < -0.3 is 19.9 Å². The second-order valence-electron chi connectivity index (χ2n) is 4.88. The minimum atomic E-state index is -1.02. The van der Waals surface area contributed by atoms with Gasteiger partial charge in [0.15, 0.2) is 11.5 Å². The molecule has 5 nitrogen and oxygen atoms in total. The summed E-state index contributed by atoms with van der Waals surface area (Å²) in [7, 11) is 1.54. The van der Waals surface area contributed by atoms with E-state index < -0.39 is 5.97 Å². The van der Waals surface area contributed by atoms with Crippen molar-refractivity contribution in [2.45, 2.75) is 13.5 Å². The quantitative estimate of drug-likeness (QED) is 0.739. The van der Waals surface area contributed by atoms with E-state index in [1.54, 1.807) is 19.2 Å². The van der Waals surface area contributed by atoms with Crippen LogP contribution in [0.3, 0.4) is 0 Å². The van der Waals surface area contributed by atoms with E-state index in [1.807, 2.05) is 6.92 Å². The molecule has 0 fully saturated rings. The van der Waals surface area contributed by atoms with Gasteiger partial charge in [0, 0.05) is 23.2 Å². The van der Waals surface area contributed by atoms with Crippen LogP contribution in [-0.4, -0.2) is 24.8 Å². The number of anilines is 1. The normalized spacial score (nSPS) is 10.3. The number of hydrogen-bond acceptors (Lipinski definition) is 4. The van der Waals surface area contributed by atoms with Gasteiger partial charge in [-0.1, -0.05) is 23.2 Å². The van der Waals surface area contributed by atoms with Gasteiger partial charge in [0.05, 0.1) is 30.0 Å². The lowest BCUT2D eigenvalue weighted by Crippen LogP contribution is -2.06. The number of ether oxygens (including phenoxy) is 2. The van der Waals surface area contributed by atoms with Crippen molar-refractivity contribution in [1.82, 2.24) is 0 Å². The van der Waals surface area contributed by atoms with Crippen molar-refractivity contribution in [3.63, 3.8) is 0 Å². The van der Waals surface area contributed by atoms with Crippen LogP contribution < -0.4 is 14.8 Å². The van der Waals surface area contributed by atoms with Crippen molar-refractivity contribution in [2.75, 3.05) is 19.0 Å². The van der Waals surface area contributed by atoms with Gasteiger partial charge in [-0.2, -0.15) is 0 Å². The number of carboxylic acids is 1. The standard InChI is InChI=1S/C17H17Cl2NO4/c1-3-24-16-11(6-12(18)8-15(16)23-2)9-20-14-7-10(17(21)22)4-5-13(14)19/h4-8,20H,3,9H2,1-2H3,(H,21,22). The summed E-state index contributed by atoms with van der Waals surface area (Å²) in [5.74, 6) is 0.100. The molecule has 128 valence electrons. The third kappa shape index (κ3) is 4.24. The van der Waals surface area contributed by atoms with Gasteiger partial charge in [-0.15, -0.1) is 0 Å². The summed E-state index contributed by atoms with van der Waals surface area (Å²) in [6.07, 6.45) is 0. The Bertz CT molecular complexity index is 750. The summed E-state index contributed by atoms with van der Waals surface area (Å²) in [6, 6.07) is 7.90. The summed E-state index contributed by atoms with van der Waals surface area (Å²) < 4.78 is 10.9. The molecule has 0 saturated heterocycles. The smallest absolute Gasteiger partial charge is 0.335 e. The molecule has 0 aromatic heterocycles. The Labute approximate surface area is 150 Å². The second kappa shape index (κ2) is 8.13. The van der Waals surface area contributed by atoms with E-state index in [-0.39, 0.29) is 5.56 Å². The van der Waals surface area contributed by atoms with Gasteiger partial charge in [0.25, 0.3) is 0 Å². The van der Waals surface area contributed by atoms with Crippen LogP contribution in [0.15, 0.2) is 30.3 Å². The van der Waals surface area contributed by atoms with Gasteiger partial charge in [0.1, 0.15) is 0 Å². The van der Waals surface area contributed by atoms with Crippen molar-refractivity contribution in [1.29, 1.82) is 0 Å². The highest BCUT2D eigenvalue weighted by Crippen LogP contribution is 2.35. The molecule has 0 saturated carbocycles. The molecule has 24 heavy (non-hydrogen) atoms. The predicted octanol–water partition coefficient (Wildman–Crippen LogP) is 4.71. The van der Waals surface area contributed by atoms with Crippen LogP contribution in [-0.2, 0) is 6.54 Å². The fraction of sp³-hybridized carbons (Fsp3) is 0.235. The number of carbonyl (C=O) groups is 1. The van der Waals surface area contributed by atoms with E-state index >= 15 is 0 Å². The Hall–Kier alpha value is -2.11. The zero-order chi connectivity index (χ0) is 17.7. The first kappa shape index (κ1) is 18.2. The van der Waals surface area contributed by atoms with E-state index in [0.29, 0.717) is 40.4 Å². The van der Waals surface area contributed by atoms with Crippen molar-refractivity contribution in [2.24, 2.45) is 0 Å². The van der Waals surface area contributed by atoms with Crippen LogP contribution in [0.2, 0.25) is 10.0 Å². The molecule has 0 spiro atoms. The monoisotopic (exact) mass is 369 g/mol. The summed E-state index contributed by atoms with van der Waals surface area (Å²) in [6.45, 7) is 2.69. The van der Waals surface area contributed by atoms with Gasteiger partial charge in [-0.25, -0.2) is 4.79 Å². The average Bonchev–Trinajstić information content (AvgIpc) is 2.55. The minimum Gasteiger partial charge on any atom is -0.493 e. The predicted molar refractivity (Wildman–Crippen MR) is 94.9 cm³/mol. The highest BCUT2D eigenvalue weighted by Gasteiger charge is 2.14. The SMILES string of the molecule is CCOc1c(CNc2cc(C(=O)O)ccc2Cl)cc(Cl)cc1OC. The Morgan fingerprint density at radius 2 is 2.00 bits per heavy atom. The molecule has 0 aliphatic heterocycles. The number of hydrogen-bond donors (Lipinski definition) is 2. The van der Waals surface area contributed by atoms with Gasteiger partial charge in [-0.05, 0) is 31.2 Å². The molecule has 2 N–H and O–H groups in total. The summed E-state index contributed by atoms with van der Waals surface area (Å²) >= 11 is 12.2. The first-order chi connectivity index (χ1) is 11.5. The maximum atomic E-state index is 11.1. The number of benzene rings is 2. The maximum absolute atomic E-state index is 11.1. The molecule has 0 radical (unpaired) electrons. The molecule has 2 aromatic carbocycles. The highest BCUT2D eigenvalue weighted by molar-refractivity contribution is 6.33. The van der Waals surface area contributed by atoms with Crippen LogP contribution in [0.5, 0.6) is 11.5 Å². The lowest BCUT2D eigenvalue weighted by molar-refractivity contribution is 0.0697. The molecule has 0 amide bonds. The number of nitrogens with one attached hydrogen (secondary N) is 1. The number of carboxylic acid groups (broad SMARTS) is 1. The first-order valence-electron chi connectivity index (χ1n) is 7.22. The molecule has 7 heteroatoms. The lowest BCUT2D eigenvalue weighted by Gasteiger charge is -2.16. The number of halogens is 2. The molecule has 0 heterocycles. The summed E-state index contributed by atoms with van der Waals surface area (Å²) in [4.78, 5) is 11.1. The molecule has 0 bridgehead atoms. The van der Waals surface area contributed by atoms with Gasteiger partial charge in [-0.3, -0.25) is 0 Å². The van der Waals surface area contributed by atoms with Gasteiger partial charge >= 0.3 is 5.97 Å². The lowest BCUT2D eigenvalue weighted by atomic mass is 10.1. The fourth-order valence-corrected chi connectivity index (χ4v) is 2.61. The van der Waals surface area contributed by atoms with E-state index in [1.165, 1.54) is 18.2 Å². The maximum Gasteiger partial charge on any atom is 0.335 e. The van der Waals surface area contributed by atoms with Crippen LogP contribution in [0.25, 0.3) is 0 Å². The Kier molecular flexibility index (Phi) is 6.17. The average molecular weight is 370 g/mol. The van der Waals surface area contributed by atoms with Crippen molar-refractivity contribution >= 4 is 34.9 Å². The van der Waals surface area contributed by atoms with Crippen molar-refractivity contribution in [3.05, 3.63) is 51.5 Å². The number of rotatable bonds is 7. The Morgan fingerprint density at radius 3 is 2.62 bits per heavy atom. The first-order valence-corrected chi connectivity index (χ1v) is 7.97. The van der Waals surface area contributed by atoms with Crippen LogP contribution in [0.1, 0.15) is 22.8 Å². The van der Waals surface area contributed by atoms with Gasteiger partial charge in [0.2, 0.25) is 0 Å². The molecule has 0 atom stereocenters. The summed E-state index contributed by atoms with van der Waals surface area (Å²) in [5.41, 5.74) is 1.44. The van der Waals surface area contributed by atoms with E-state index in [4.69, 9.17) is 37.8 Å². The Morgan fingerprint density at radius 1 is 1.25 bits per heavy atom. The van der Waals surface area contributed by atoms with E-state index in [0.717, 1.165) is 5.56 Å². The van der Waals surface area contributed by atoms with Crippen LogP contribution in [0.4, 0.5) is 5.69 Å². The topological polar surface area (TPSA) is 67.8 Å². The fourth-order valence-electron chi connectivity index (χ4n) is 2.20. The Balaban J connectivity index is 2.30.